The van der Waals surface area contributed by atoms with Gasteiger partial charge in [0.25, 0.3) is 5.91 Å². The zero-order valence-corrected chi connectivity index (χ0v) is 15.8. The van der Waals surface area contributed by atoms with E-state index in [4.69, 9.17) is 5.14 Å². The van der Waals surface area contributed by atoms with Gasteiger partial charge in [0.1, 0.15) is 0 Å². The highest BCUT2D eigenvalue weighted by Crippen LogP contribution is 2.28. The summed E-state index contributed by atoms with van der Waals surface area (Å²) in [6, 6.07) is 9.73. The molecule has 3 N–H and O–H groups in total. The van der Waals surface area contributed by atoms with Crippen molar-refractivity contribution in [3.8, 4) is 0 Å². The highest BCUT2D eigenvalue weighted by Gasteiger charge is 2.14. The molecule has 0 fully saturated rings. The Labute approximate surface area is 153 Å². The number of rotatable bonds is 4. The Kier molecular flexibility index (Phi) is 4.56. The molecule has 3 rings (SSSR count). The van der Waals surface area contributed by atoms with Gasteiger partial charge in [-0.1, -0.05) is 11.3 Å². The standard InChI is InChI=1S/C15H13N3O5S3/c1-25(20,21)10-4-2-9(3-5-10)14(19)18-15-17-12-7-6-11(26(16,22)23)8-13(12)24-15/h2-8H,1H3,(H2,16,22,23)(H,17,18,19). The SMILES string of the molecule is CS(=O)(=O)c1ccc(C(=O)Nc2nc3ccc(S(N)(=O)=O)cc3s2)cc1. The number of aromatic nitrogens is 1. The summed E-state index contributed by atoms with van der Waals surface area (Å²) in [4.78, 5) is 16.6. The molecule has 0 aliphatic carbocycles. The van der Waals surface area contributed by atoms with E-state index in [2.05, 4.69) is 10.3 Å². The summed E-state index contributed by atoms with van der Waals surface area (Å²) < 4.78 is 46.2. The number of anilines is 1. The molecule has 2 aromatic carbocycles. The third-order valence-electron chi connectivity index (χ3n) is 3.45. The fraction of sp³-hybridized carbons (Fsp3) is 0.0667. The van der Waals surface area contributed by atoms with Crippen molar-refractivity contribution in [2.75, 3.05) is 11.6 Å². The van der Waals surface area contributed by atoms with Gasteiger partial charge in [0.05, 0.1) is 20.0 Å². The van der Waals surface area contributed by atoms with Crippen molar-refractivity contribution in [3.05, 3.63) is 48.0 Å². The number of nitrogens with two attached hydrogens (primary N) is 1. The molecule has 0 aliphatic rings. The molecule has 0 aliphatic heterocycles. The molecule has 1 aromatic heterocycles. The van der Waals surface area contributed by atoms with Crippen LogP contribution in [0.3, 0.4) is 0 Å². The van der Waals surface area contributed by atoms with Gasteiger partial charge >= 0.3 is 0 Å². The van der Waals surface area contributed by atoms with Crippen LogP contribution in [-0.4, -0.2) is 34.0 Å². The number of benzene rings is 2. The summed E-state index contributed by atoms with van der Waals surface area (Å²) in [6.45, 7) is 0. The molecular formula is C15H13N3O5S3. The molecular weight excluding hydrogens is 398 g/mol. The number of thiazole rings is 1. The minimum atomic E-state index is -3.82. The zero-order chi connectivity index (χ0) is 19.1. The lowest BCUT2D eigenvalue weighted by Crippen LogP contribution is -2.11. The summed E-state index contributed by atoms with van der Waals surface area (Å²) >= 11 is 1.10. The molecule has 0 bridgehead atoms. The number of sulfone groups is 1. The Bertz CT molecular complexity index is 1210. The number of sulfonamides is 1. The molecule has 1 heterocycles. The average Bonchev–Trinajstić information content (AvgIpc) is 2.94. The molecule has 0 unspecified atom stereocenters. The molecule has 0 saturated carbocycles. The number of nitrogens with zero attached hydrogens (tertiary/aromatic N) is 1. The number of nitrogens with one attached hydrogen (secondary N) is 1. The number of carbonyl (C=O) groups is 1. The highest BCUT2D eigenvalue weighted by atomic mass is 32.2. The molecule has 0 spiro atoms. The van der Waals surface area contributed by atoms with Gasteiger partial charge in [-0.05, 0) is 42.5 Å². The molecule has 1 amide bonds. The van der Waals surface area contributed by atoms with Gasteiger partial charge in [-0.15, -0.1) is 0 Å². The summed E-state index contributed by atoms with van der Waals surface area (Å²) in [6.07, 6.45) is 1.08. The first-order chi connectivity index (χ1) is 12.0. The van der Waals surface area contributed by atoms with Gasteiger partial charge in [-0.2, -0.15) is 0 Å². The third-order valence-corrected chi connectivity index (χ3v) is 6.43. The topological polar surface area (TPSA) is 136 Å². The van der Waals surface area contributed by atoms with Crippen LogP contribution in [0.2, 0.25) is 0 Å². The van der Waals surface area contributed by atoms with E-state index >= 15 is 0 Å². The van der Waals surface area contributed by atoms with Crippen LogP contribution in [0.1, 0.15) is 10.4 Å². The average molecular weight is 411 g/mol. The van der Waals surface area contributed by atoms with E-state index in [0.29, 0.717) is 10.2 Å². The third kappa shape index (κ3) is 3.90. The van der Waals surface area contributed by atoms with Crippen LogP contribution < -0.4 is 10.5 Å². The second kappa shape index (κ2) is 6.43. The lowest BCUT2D eigenvalue weighted by atomic mass is 10.2. The first kappa shape index (κ1) is 18.5. The van der Waals surface area contributed by atoms with E-state index in [0.717, 1.165) is 17.6 Å². The number of fused-ring (bicyclic) bond motifs is 1. The van der Waals surface area contributed by atoms with Crippen LogP contribution in [0.15, 0.2) is 52.3 Å². The number of amides is 1. The Hall–Kier alpha value is -2.34. The van der Waals surface area contributed by atoms with Crippen molar-refractivity contribution >= 4 is 52.5 Å². The monoisotopic (exact) mass is 411 g/mol. The van der Waals surface area contributed by atoms with Crippen LogP contribution in [0, 0.1) is 0 Å². The van der Waals surface area contributed by atoms with Gasteiger partial charge in [0.2, 0.25) is 10.0 Å². The maximum Gasteiger partial charge on any atom is 0.257 e. The minimum absolute atomic E-state index is 0.0390. The van der Waals surface area contributed by atoms with E-state index in [9.17, 15) is 21.6 Å². The highest BCUT2D eigenvalue weighted by molar-refractivity contribution is 7.90. The number of hydrogen-bond acceptors (Lipinski definition) is 7. The molecule has 11 heteroatoms. The second-order valence-electron chi connectivity index (χ2n) is 5.44. The van der Waals surface area contributed by atoms with Gasteiger partial charge in [0.15, 0.2) is 15.0 Å². The summed E-state index contributed by atoms with van der Waals surface area (Å²) in [7, 11) is -7.16. The Morgan fingerprint density at radius 2 is 1.65 bits per heavy atom. The number of primary sulfonamides is 1. The summed E-state index contributed by atoms with van der Waals surface area (Å²) in [5.41, 5.74) is 0.784. The van der Waals surface area contributed by atoms with E-state index < -0.39 is 25.8 Å². The van der Waals surface area contributed by atoms with Crippen LogP contribution in [0.5, 0.6) is 0 Å². The van der Waals surface area contributed by atoms with Crippen LogP contribution in [0.4, 0.5) is 5.13 Å². The molecule has 0 radical (unpaired) electrons. The summed E-state index contributed by atoms with van der Waals surface area (Å²) in [5, 5.41) is 7.98. The largest absolute Gasteiger partial charge is 0.298 e. The molecule has 8 nitrogen and oxygen atoms in total. The lowest BCUT2D eigenvalue weighted by molar-refractivity contribution is 0.102. The van der Waals surface area contributed by atoms with Gasteiger partial charge in [-0.25, -0.2) is 27.0 Å². The molecule has 0 atom stereocenters. The zero-order valence-electron chi connectivity index (χ0n) is 13.3. The predicted octanol–water partition coefficient (Wildman–Crippen LogP) is 1.60. The maximum absolute atomic E-state index is 12.3. The normalized spacial score (nSPS) is 12.2. The lowest BCUT2D eigenvalue weighted by Gasteiger charge is -2.03. The maximum atomic E-state index is 12.3. The van der Waals surface area contributed by atoms with Crippen molar-refractivity contribution < 1.29 is 21.6 Å². The minimum Gasteiger partial charge on any atom is -0.298 e. The smallest absolute Gasteiger partial charge is 0.257 e. The van der Waals surface area contributed by atoms with Gasteiger partial charge < -0.3 is 0 Å². The Morgan fingerprint density at radius 1 is 1.04 bits per heavy atom. The van der Waals surface area contributed by atoms with E-state index in [1.165, 1.54) is 42.5 Å². The quantitative estimate of drug-likeness (QED) is 0.669. The predicted molar refractivity (Wildman–Crippen MR) is 98.5 cm³/mol. The van der Waals surface area contributed by atoms with Crippen LogP contribution in [-0.2, 0) is 19.9 Å². The van der Waals surface area contributed by atoms with Crippen molar-refractivity contribution in [1.82, 2.24) is 4.98 Å². The Morgan fingerprint density at radius 3 is 2.23 bits per heavy atom. The Balaban J connectivity index is 1.85. The molecule has 3 aromatic rings. The van der Waals surface area contributed by atoms with Crippen molar-refractivity contribution in [3.63, 3.8) is 0 Å². The van der Waals surface area contributed by atoms with Gasteiger partial charge in [-0.3, -0.25) is 10.1 Å². The molecule has 136 valence electrons. The first-order valence-corrected chi connectivity index (χ1v) is 11.3. The summed E-state index contributed by atoms with van der Waals surface area (Å²) in [5.74, 6) is -0.462. The first-order valence-electron chi connectivity index (χ1n) is 7.09. The molecule has 0 saturated heterocycles. The fourth-order valence-electron chi connectivity index (χ4n) is 2.16. The fourth-order valence-corrected chi connectivity index (χ4v) is 4.30. The van der Waals surface area contributed by atoms with Crippen molar-refractivity contribution in [1.29, 1.82) is 0 Å². The molecule has 26 heavy (non-hydrogen) atoms. The van der Waals surface area contributed by atoms with E-state index in [1.54, 1.807) is 0 Å². The second-order valence-corrected chi connectivity index (χ2v) is 10.1. The van der Waals surface area contributed by atoms with Crippen LogP contribution in [0.25, 0.3) is 10.2 Å². The van der Waals surface area contributed by atoms with Crippen LogP contribution >= 0.6 is 11.3 Å². The van der Waals surface area contributed by atoms with Crippen molar-refractivity contribution in [2.45, 2.75) is 9.79 Å². The van der Waals surface area contributed by atoms with Gasteiger partial charge in [0, 0.05) is 11.8 Å². The number of hydrogen-bond donors (Lipinski definition) is 2. The van der Waals surface area contributed by atoms with E-state index in [-0.39, 0.29) is 20.5 Å². The van der Waals surface area contributed by atoms with E-state index in [1.807, 2.05) is 0 Å². The number of carbonyl (C=O) groups excluding carboxylic acids is 1. The van der Waals surface area contributed by atoms with Crippen molar-refractivity contribution in [2.24, 2.45) is 5.14 Å².